The Morgan fingerprint density at radius 2 is 1.69 bits per heavy atom. The molecular formula is C29H32N2O4. The van der Waals surface area contributed by atoms with Gasteiger partial charge >= 0.3 is 6.09 Å². The molecule has 3 aromatic rings. The average molecular weight is 479 g/mol. The lowest BCUT2D eigenvalue weighted by molar-refractivity contribution is 0.0926. The standard InChI is InChI=1S/C29H32N2O4/c1-22(30-29(33)35-21-24-11-6-3-7-12-24)28(32)26-13-14-27-25(19-26)15-17-31(27)16-8-18-34-20-23-9-4-2-5-10-23/h2-7,9-14,19,22H,8,15-18,20-21H2,1H3,(H,30,33)/t22-/m1/s1/i8D2,16D2,18D2. The Bertz CT molecular complexity index is 1370. The Morgan fingerprint density at radius 3 is 2.40 bits per heavy atom. The number of amides is 1. The van der Waals surface area contributed by atoms with Crippen molar-refractivity contribution < 1.29 is 27.3 Å². The number of carbonyl (C=O) groups excluding carboxylic acids is 2. The van der Waals surface area contributed by atoms with Gasteiger partial charge in [-0.05, 0) is 54.6 Å². The number of hydrogen-bond acceptors (Lipinski definition) is 5. The number of carbonyl (C=O) groups is 2. The third kappa shape index (κ3) is 6.93. The minimum Gasteiger partial charge on any atom is -0.445 e. The first-order valence-corrected chi connectivity index (χ1v) is 11.4. The molecule has 182 valence electrons. The maximum Gasteiger partial charge on any atom is 0.408 e. The summed E-state index contributed by atoms with van der Waals surface area (Å²) in [6.07, 6.45) is -3.48. The van der Waals surface area contributed by atoms with Crippen LogP contribution in [0.3, 0.4) is 0 Å². The summed E-state index contributed by atoms with van der Waals surface area (Å²) in [7, 11) is 0. The molecule has 0 spiro atoms. The summed E-state index contributed by atoms with van der Waals surface area (Å²) in [5.74, 6) is -0.369. The highest BCUT2D eigenvalue weighted by atomic mass is 16.5. The maximum absolute atomic E-state index is 13.0. The van der Waals surface area contributed by atoms with Crippen LogP contribution in [-0.4, -0.2) is 37.5 Å². The molecule has 6 heteroatoms. The predicted molar refractivity (Wildman–Crippen MR) is 137 cm³/mol. The number of fused-ring (bicyclic) bond motifs is 1. The Balaban J connectivity index is 1.42. The molecule has 0 bridgehead atoms. The van der Waals surface area contributed by atoms with Crippen LogP contribution in [0, 0.1) is 0 Å². The zero-order valence-electron chi connectivity index (χ0n) is 25.5. The molecule has 1 aliphatic heterocycles. The summed E-state index contributed by atoms with van der Waals surface area (Å²) in [4.78, 5) is 26.4. The van der Waals surface area contributed by atoms with E-state index >= 15 is 0 Å². The molecule has 0 fully saturated rings. The second-order valence-corrected chi connectivity index (χ2v) is 8.15. The van der Waals surface area contributed by atoms with Crippen LogP contribution < -0.4 is 10.2 Å². The molecule has 0 saturated carbocycles. The number of nitrogens with one attached hydrogen (secondary N) is 1. The van der Waals surface area contributed by atoms with Crippen molar-refractivity contribution in [2.24, 2.45) is 0 Å². The van der Waals surface area contributed by atoms with Crippen LogP contribution in [0.25, 0.3) is 0 Å². The Hall–Kier alpha value is -3.64. The Morgan fingerprint density at radius 1 is 1.00 bits per heavy atom. The van der Waals surface area contributed by atoms with E-state index in [2.05, 4.69) is 5.32 Å². The van der Waals surface area contributed by atoms with Crippen molar-refractivity contribution in [3.8, 4) is 0 Å². The maximum atomic E-state index is 13.0. The molecule has 35 heavy (non-hydrogen) atoms. The molecule has 1 aliphatic rings. The van der Waals surface area contributed by atoms with Gasteiger partial charge in [-0.15, -0.1) is 0 Å². The van der Waals surface area contributed by atoms with Crippen molar-refractivity contribution in [3.05, 3.63) is 101 Å². The lowest BCUT2D eigenvalue weighted by Crippen LogP contribution is -2.38. The molecular weight excluding hydrogens is 440 g/mol. The summed E-state index contributed by atoms with van der Waals surface area (Å²) in [6.45, 7) is -4.29. The van der Waals surface area contributed by atoms with E-state index in [1.807, 2.05) is 30.3 Å². The van der Waals surface area contributed by atoms with E-state index in [4.69, 9.17) is 17.7 Å². The predicted octanol–water partition coefficient (Wildman–Crippen LogP) is 5.15. The van der Waals surface area contributed by atoms with Gasteiger partial charge in [-0.1, -0.05) is 60.7 Å². The molecule has 0 aliphatic carbocycles. The molecule has 6 nitrogen and oxygen atoms in total. The minimum absolute atomic E-state index is 0.0625. The van der Waals surface area contributed by atoms with Crippen LogP contribution in [0.1, 0.15) is 48.6 Å². The van der Waals surface area contributed by atoms with Crippen LogP contribution in [0.4, 0.5) is 10.5 Å². The van der Waals surface area contributed by atoms with Crippen molar-refractivity contribution in [3.63, 3.8) is 0 Å². The third-order valence-corrected chi connectivity index (χ3v) is 5.60. The third-order valence-electron chi connectivity index (χ3n) is 5.60. The lowest BCUT2D eigenvalue weighted by atomic mass is 10.0. The van der Waals surface area contributed by atoms with Gasteiger partial charge in [-0.2, -0.15) is 0 Å². The lowest BCUT2D eigenvalue weighted by Gasteiger charge is -2.20. The van der Waals surface area contributed by atoms with Crippen molar-refractivity contribution in [1.29, 1.82) is 0 Å². The number of ether oxygens (including phenoxy) is 2. The smallest absolute Gasteiger partial charge is 0.408 e. The highest BCUT2D eigenvalue weighted by Crippen LogP contribution is 2.29. The average Bonchev–Trinajstić information content (AvgIpc) is 3.40. The topological polar surface area (TPSA) is 67.9 Å². The van der Waals surface area contributed by atoms with Crippen LogP contribution in [0.2, 0.25) is 0 Å². The van der Waals surface area contributed by atoms with Crippen molar-refractivity contribution in [1.82, 2.24) is 5.32 Å². The second-order valence-electron chi connectivity index (χ2n) is 8.15. The molecule has 4 rings (SSSR count). The second kappa shape index (κ2) is 12.2. The van der Waals surface area contributed by atoms with Gasteiger partial charge in [-0.3, -0.25) is 4.79 Å². The summed E-state index contributed by atoms with van der Waals surface area (Å²) in [5, 5.41) is 2.52. The number of anilines is 1. The molecule has 3 aromatic carbocycles. The first kappa shape index (κ1) is 17.7. The number of hydrogen-bond donors (Lipinski definition) is 1. The summed E-state index contributed by atoms with van der Waals surface area (Å²) < 4.78 is 61.2. The fourth-order valence-electron chi connectivity index (χ4n) is 3.75. The van der Waals surface area contributed by atoms with E-state index in [1.54, 1.807) is 36.4 Å². The van der Waals surface area contributed by atoms with E-state index in [9.17, 15) is 9.59 Å². The number of alkyl carbamates (subject to hydrolysis) is 1. The largest absolute Gasteiger partial charge is 0.445 e. The van der Waals surface area contributed by atoms with Gasteiger partial charge in [0, 0.05) is 36.3 Å². The van der Waals surface area contributed by atoms with E-state index in [-0.39, 0.29) is 25.5 Å². The van der Waals surface area contributed by atoms with Gasteiger partial charge in [-0.25, -0.2) is 4.79 Å². The summed E-state index contributed by atoms with van der Waals surface area (Å²) >= 11 is 0. The van der Waals surface area contributed by atoms with Gasteiger partial charge in [0.15, 0.2) is 5.78 Å². The van der Waals surface area contributed by atoms with E-state index < -0.39 is 31.6 Å². The van der Waals surface area contributed by atoms with Crippen molar-refractivity contribution in [2.45, 2.75) is 39.0 Å². The highest BCUT2D eigenvalue weighted by molar-refractivity contribution is 6.01. The summed E-state index contributed by atoms with van der Waals surface area (Å²) in [5.41, 5.74) is 2.71. The number of nitrogens with zero attached hydrogens (tertiary/aromatic N) is 1. The molecule has 1 heterocycles. The molecule has 0 radical (unpaired) electrons. The first-order chi connectivity index (χ1) is 19.3. The SMILES string of the molecule is [2H]C([2H])(OCc1ccccc1)C([2H])([2H])C([2H])([2H])N1CCc2cc(C(=O)[C@@H](C)NC(=O)OCc3ccccc3)ccc21. The highest BCUT2D eigenvalue weighted by Gasteiger charge is 2.23. The fraction of sp³-hybridized carbons (Fsp3) is 0.310. The van der Waals surface area contributed by atoms with Gasteiger partial charge in [0.2, 0.25) is 0 Å². The Kier molecular flexibility index (Phi) is 6.17. The van der Waals surface area contributed by atoms with Crippen molar-refractivity contribution >= 4 is 17.6 Å². The molecule has 0 aromatic heterocycles. The van der Waals surface area contributed by atoms with E-state index in [0.29, 0.717) is 28.8 Å². The number of Topliss-reactive ketones (excluding diaryl/α,β-unsaturated/α-hetero) is 1. The normalized spacial score (nSPS) is 17.0. The first-order valence-electron chi connectivity index (χ1n) is 14.4. The van der Waals surface area contributed by atoms with Crippen molar-refractivity contribution in [2.75, 3.05) is 24.5 Å². The fourth-order valence-corrected chi connectivity index (χ4v) is 3.75. The van der Waals surface area contributed by atoms with Crippen LogP contribution in [0.5, 0.6) is 0 Å². The molecule has 0 unspecified atom stereocenters. The van der Waals surface area contributed by atoms with Crippen LogP contribution in [0.15, 0.2) is 78.9 Å². The van der Waals surface area contributed by atoms with Gasteiger partial charge in [0.1, 0.15) is 6.61 Å². The molecule has 0 saturated heterocycles. The summed E-state index contributed by atoms with van der Waals surface area (Å²) in [6, 6.07) is 21.5. The molecule has 1 N–H and O–H groups in total. The van der Waals surface area contributed by atoms with Crippen LogP contribution in [-0.2, 0) is 29.1 Å². The number of ketones is 1. The van der Waals surface area contributed by atoms with Gasteiger partial charge < -0.3 is 19.7 Å². The number of rotatable bonds is 11. The molecule has 1 atom stereocenters. The quantitative estimate of drug-likeness (QED) is 0.386. The van der Waals surface area contributed by atoms with E-state index in [0.717, 1.165) is 5.56 Å². The van der Waals surface area contributed by atoms with Crippen LogP contribution >= 0.6 is 0 Å². The zero-order chi connectivity index (χ0) is 29.8. The number of benzene rings is 3. The van der Waals surface area contributed by atoms with E-state index in [1.165, 1.54) is 24.0 Å². The van der Waals surface area contributed by atoms with Gasteiger partial charge in [0.05, 0.1) is 15.4 Å². The zero-order valence-corrected chi connectivity index (χ0v) is 19.5. The monoisotopic (exact) mass is 478 g/mol. The van der Waals surface area contributed by atoms with Gasteiger partial charge in [0.25, 0.3) is 0 Å². The Labute approximate surface area is 215 Å². The minimum atomic E-state index is -3.07. The molecule has 1 amide bonds.